The lowest BCUT2D eigenvalue weighted by molar-refractivity contribution is 0.230. The summed E-state index contributed by atoms with van der Waals surface area (Å²) in [6.07, 6.45) is -0.0393. The van der Waals surface area contributed by atoms with Gasteiger partial charge in [0.1, 0.15) is 11.9 Å². The van der Waals surface area contributed by atoms with Crippen LogP contribution in [0.2, 0.25) is 0 Å². The highest BCUT2D eigenvalue weighted by Crippen LogP contribution is 2.14. The number of nitrogens with two attached hydrogens (primary N) is 1. The van der Waals surface area contributed by atoms with Gasteiger partial charge in [0.25, 0.3) is 0 Å². The number of guanidine groups is 1. The van der Waals surface area contributed by atoms with Crippen molar-refractivity contribution in [2.45, 2.75) is 26.9 Å². The quantitative estimate of drug-likeness (QED) is 0.431. The fourth-order valence-corrected chi connectivity index (χ4v) is 2.00. The molecule has 2 aromatic rings. The molecule has 0 heterocycles. The molecule has 1 atom stereocenters. The molecule has 0 aliphatic carbocycles. The maximum atomic E-state index is 5.92. The molecule has 2 rings (SSSR count). The van der Waals surface area contributed by atoms with Gasteiger partial charge in [0.05, 0.1) is 6.54 Å². The van der Waals surface area contributed by atoms with Crippen LogP contribution in [-0.2, 0) is 0 Å². The van der Waals surface area contributed by atoms with Crippen LogP contribution in [0.25, 0.3) is 0 Å². The first-order valence-electron chi connectivity index (χ1n) is 7.40. The Bertz CT molecular complexity index is 644. The minimum absolute atomic E-state index is 0. The van der Waals surface area contributed by atoms with E-state index in [1.54, 1.807) is 0 Å². The van der Waals surface area contributed by atoms with Crippen LogP contribution < -0.4 is 15.8 Å². The van der Waals surface area contributed by atoms with E-state index in [1.807, 2.05) is 43.3 Å². The Morgan fingerprint density at radius 3 is 2.48 bits per heavy atom. The van der Waals surface area contributed by atoms with Gasteiger partial charge in [0.15, 0.2) is 5.96 Å². The number of benzene rings is 2. The van der Waals surface area contributed by atoms with Gasteiger partial charge in [-0.05, 0) is 56.2 Å². The third kappa shape index (κ3) is 6.48. The first kappa shape index (κ1) is 19.3. The molecule has 0 saturated carbocycles. The molecule has 0 bridgehead atoms. The molecule has 5 heteroatoms. The van der Waals surface area contributed by atoms with Gasteiger partial charge in [-0.15, -0.1) is 24.0 Å². The van der Waals surface area contributed by atoms with Crippen molar-refractivity contribution >= 4 is 35.6 Å². The van der Waals surface area contributed by atoms with E-state index in [2.05, 4.69) is 36.3 Å². The van der Waals surface area contributed by atoms with Crippen molar-refractivity contribution in [2.75, 3.05) is 11.9 Å². The maximum absolute atomic E-state index is 5.92. The normalized spacial score (nSPS) is 12.2. The molecule has 124 valence electrons. The molecule has 0 fully saturated rings. The Kier molecular flexibility index (Phi) is 7.88. The Labute approximate surface area is 155 Å². The summed E-state index contributed by atoms with van der Waals surface area (Å²) in [6.45, 7) is 6.63. The van der Waals surface area contributed by atoms with Crippen LogP contribution in [0.5, 0.6) is 5.75 Å². The van der Waals surface area contributed by atoms with Gasteiger partial charge >= 0.3 is 0 Å². The minimum atomic E-state index is -0.0393. The van der Waals surface area contributed by atoms with Crippen LogP contribution >= 0.6 is 24.0 Å². The van der Waals surface area contributed by atoms with Crippen LogP contribution in [0.4, 0.5) is 5.69 Å². The molecule has 0 radical (unpaired) electrons. The molecule has 4 nitrogen and oxygen atoms in total. The molecule has 0 aliphatic rings. The topological polar surface area (TPSA) is 59.6 Å². The number of nitrogens with zero attached hydrogens (tertiary/aromatic N) is 1. The number of hydrogen-bond acceptors (Lipinski definition) is 2. The van der Waals surface area contributed by atoms with Crippen LogP contribution in [0.15, 0.2) is 53.5 Å². The summed E-state index contributed by atoms with van der Waals surface area (Å²) in [5, 5.41) is 3.10. The van der Waals surface area contributed by atoms with E-state index in [0.29, 0.717) is 12.5 Å². The summed E-state index contributed by atoms with van der Waals surface area (Å²) >= 11 is 0. The number of rotatable bonds is 5. The predicted molar refractivity (Wildman–Crippen MR) is 108 cm³/mol. The van der Waals surface area contributed by atoms with Crippen LogP contribution in [0.1, 0.15) is 18.1 Å². The molecule has 0 spiro atoms. The summed E-state index contributed by atoms with van der Waals surface area (Å²) in [7, 11) is 0. The molecule has 0 saturated heterocycles. The lowest BCUT2D eigenvalue weighted by atomic mass is 10.1. The van der Waals surface area contributed by atoms with E-state index in [0.717, 1.165) is 11.4 Å². The van der Waals surface area contributed by atoms with E-state index in [-0.39, 0.29) is 30.1 Å². The minimum Gasteiger partial charge on any atom is -0.489 e. The van der Waals surface area contributed by atoms with Gasteiger partial charge in [0.2, 0.25) is 0 Å². The zero-order chi connectivity index (χ0) is 15.9. The fraction of sp³-hybridized carbons (Fsp3) is 0.278. The van der Waals surface area contributed by atoms with Crippen molar-refractivity contribution in [1.82, 2.24) is 0 Å². The Balaban J connectivity index is 0.00000264. The lowest BCUT2D eigenvalue weighted by Crippen LogP contribution is -2.25. The zero-order valence-corrected chi connectivity index (χ0v) is 16.1. The van der Waals surface area contributed by atoms with Gasteiger partial charge in [-0.25, -0.2) is 4.99 Å². The molecule has 3 N–H and O–H groups in total. The maximum Gasteiger partial charge on any atom is 0.193 e. The Hall–Kier alpha value is -1.76. The predicted octanol–water partition coefficient (Wildman–Crippen LogP) is 4.12. The molecule has 0 aromatic heterocycles. The number of aliphatic imine (C=N–C) groups is 1. The van der Waals surface area contributed by atoms with Crippen LogP contribution in [0, 0.1) is 13.8 Å². The largest absolute Gasteiger partial charge is 0.489 e. The lowest BCUT2D eigenvalue weighted by Gasteiger charge is -2.13. The smallest absolute Gasteiger partial charge is 0.193 e. The number of aryl methyl sites for hydroxylation is 2. The van der Waals surface area contributed by atoms with Crippen LogP contribution in [-0.4, -0.2) is 18.6 Å². The molecular weight excluding hydrogens is 401 g/mol. The molecule has 23 heavy (non-hydrogen) atoms. The third-order valence-electron chi connectivity index (χ3n) is 3.38. The molecule has 0 aliphatic heterocycles. The zero-order valence-electron chi connectivity index (χ0n) is 13.7. The van der Waals surface area contributed by atoms with Gasteiger partial charge in [-0.1, -0.05) is 24.3 Å². The van der Waals surface area contributed by atoms with Crippen molar-refractivity contribution in [3.05, 3.63) is 59.7 Å². The van der Waals surface area contributed by atoms with E-state index in [4.69, 9.17) is 10.5 Å². The number of hydrogen-bond donors (Lipinski definition) is 2. The first-order chi connectivity index (χ1) is 10.5. The van der Waals surface area contributed by atoms with Gasteiger partial charge in [0, 0.05) is 5.69 Å². The summed E-state index contributed by atoms with van der Waals surface area (Å²) in [4.78, 5) is 4.33. The summed E-state index contributed by atoms with van der Waals surface area (Å²) < 4.78 is 5.76. The standard InChI is InChI=1S/C18H23N3O.HI/c1-13-9-10-16(11-14(13)2)21-18(19)20-12-15(3)22-17-7-5-4-6-8-17;/h4-11,15H,12H2,1-3H3,(H3,19,20,21);1H. The van der Waals surface area contributed by atoms with Crippen molar-refractivity contribution in [2.24, 2.45) is 10.7 Å². The number of halogens is 1. The van der Waals surface area contributed by atoms with E-state index in [1.165, 1.54) is 11.1 Å². The van der Waals surface area contributed by atoms with Gasteiger partial charge in [-0.3, -0.25) is 0 Å². The van der Waals surface area contributed by atoms with Crippen molar-refractivity contribution in [3.8, 4) is 5.75 Å². The van der Waals surface area contributed by atoms with E-state index < -0.39 is 0 Å². The summed E-state index contributed by atoms with van der Waals surface area (Å²) in [6, 6.07) is 15.8. The number of para-hydroxylation sites is 1. The molecule has 0 amide bonds. The Morgan fingerprint density at radius 2 is 1.83 bits per heavy atom. The summed E-state index contributed by atoms with van der Waals surface area (Å²) in [5.41, 5.74) is 9.34. The monoisotopic (exact) mass is 425 g/mol. The highest BCUT2D eigenvalue weighted by atomic mass is 127. The number of ether oxygens (including phenoxy) is 1. The molecular formula is C18H24IN3O. The first-order valence-corrected chi connectivity index (χ1v) is 7.40. The fourth-order valence-electron chi connectivity index (χ4n) is 2.00. The second-order valence-electron chi connectivity index (χ2n) is 5.39. The SMILES string of the molecule is Cc1ccc(NC(N)=NCC(C)Oc2ccccc2)cc1C.I. The average Bonchev–Trinajstić information content (AvgIpc) is 2.50. The van der Waals surface area contributed by atoms with Gasteiger partial charge in [-0.2, -0.15) is 0 Å². The van der Waals surface area contributed by atoms with Gasteiger partial charge < -0.3 is 15.8 Å². The van der Waals surface area contributed by atoms with E-state index in [9.17, 15) is 0 Å². The average molecular weight is 425 g/mol. The second kappa shape index (κ2) is 9.39. The molecule has 1 unspecified atom stereocenters. The highest BCUT2D eigenvalue weighted by molar-refractivity contribution is 14.0. The number of anilines is 1. The summed E-state index contributed by atoms with van der Waals surface area (Å²) in [5.74, 6) is 1.23. The van der Waals surface area contributed by atoms with Crippen molar-refractivity contribution in [1.29, 1.82) is 0 Å². The van der Waals surface area contributed by atoms with Crippen molar-refractivity contribution in [3.63, 3.8) is 0 Å². The van der Waals surface area contributed by atoms with E-state index >= 15 is 0 Å². The highest BCUT2D eigenvalue weighted by Gasteiger charge is 2.03. The van der Waals surface area contributed by atoms with Crippen LogP contribution in [0.3, 0.4) is 0 Å². The second-order valence-corrected chi connectivity index (χ2v) is 5.39. The van der Waals surface area contributed by atoms with Crippen molar-refractivity contribution < 1.29 is 4.74 Å². The molecule has 2 aromatic carbocycles. The third-order valence-corrected chi connectivity index (χ3v) is 3.38. The number of nitrogens with one attached hydrogen (secondary N) is 1. The Morgan fingerprint density at radius 1 is 1.13 bits per heavy atom.